The van der Waals surface area contributed by atoms with Gasteiger partial charge in [-0.2, -0.15) is 0 Å². The molecule has 0 bridgehead atoms. The summed E-state index contributed by atoms with van der Waals surface area (Å²) in [7, 11) is 0. The van der Waals surface area contributed by atoms with E-state index in [9.17, 15) is 8.78 Å². The average Bonchev–Trinajstić information content (AvgIpc) is 3.46. The summed E-state index contributed by atoms with van der Waals surface area (Å²) in [5, 5.41) is 7.56. The maximum Gasteiger partial charge on any atom is 0.227 e. The van der Waals surface area contributed by atoms with E-state index in [0.717, 1.165) is 11.9 Å². The van der Waals surface area contributed by atoms with Crippen molar-refractivity contribution in [3.05, 3.63) is 91.0 Å². The van der Waals surface area contributed by atoms with Crippen molar-refractivity contribution in [3.63, 3.8) is 0 Å². The summed E-state index contributed by atoms with van der Waals surface area (Å²) in [5.41, 5.74) is 3.17. The van der Waals surface area contributed by atoms with Crippen LogP contribution in [0.2, 0.25) is 0 Å². The Kier molecular flexibility index (Phi) is 6.40. The van der Waals surface area contributed by atoms with E-state index in [2.05, 4.69) is 30.4 Å². The normalized spacial score (nSPS) is 13.5. The topological polar surface area (TPSA) is 93.9 Å². The van der Waals surface area contributed by atoms with Crippen molar-refractivity contribution in [1.29, 1.82) is 0 Å². The molecule has 5 aromatic rings. The number of morpholine rings is 1. The lowest BCUT2D eigenvalue weighted by molar-refractivity contribution is 0.122. The summed E-state index contributed by atoms with van der Waals surface area (Å²) in [6.45, 7) is 2.39. The van der Waals surface area contributed by atoms with Gasteiger partial charge in [0.05, 0.1) is 25.1 Å². The number of anilines is 3. The van der Waals surface area contributed by atoms with Gasteiger partial charge < -0.3 is 15.0 Å². The van der Waals surface area contributed by atoms with E-state index >= 15 is 0 Å². The van der Waals surface area contributed by atoms with Crippen LogP contribution in [-0.2, 0) is 4.74 Å². The zero-order valence-electron chi connectivity index (χ0n) is 20.1. The number of hydrogen-bond donors (Lipinski definition) is 1. The number of pyridine rings is 1. The minimum Gasteiger partial charge on any atom is -0.378 e. The van der Waals surface area contributed by atoms with Gasteiger partial charge in [0.15, 0.2) is 11.6 Å². The van der Waals surface area contributed by atoms with Gasteiger partial charge in [-0.15, -0.1) is 5.10 Å². The van der Waals surface area contributed by atoms with Crippen molar-refractivity contribution in [1.82, 2.24) is 29.7 Å². The van der Waals surface area contributed by atoms with Gasteiger partial charge in [-0.25, -0.2) is 28.4 Å². The molecular formula is C27H22F2N8O. The third kappa shape index (κ3) is 5.04. The van der Waals surface area contributed by atoms with Gasteiger partial charge in [-0.05, 0) is 54.6 Å². The second-order valence-corrected chi connectivity index (χ2v) is 8.59. The van der Waals surface area contributed by atoms with Crippen LogP contribution in [-0.4, -0.2) is 56.0 Å². The first-order valence-electron chi connectivity index (χ1n) is 12.0. The zero-order valence-corrected chi connectivity index (χ0v) is 20.1. The van der Waals surface area contributed by atoms with E-state index in [0.29, 0.717) is 54.8 Å². The molecule has 11 heteroatoms. The van der Waals surface area contributed by atoms with Crippen LogP contribution < -0.4 is 10.2 Å². The van der Waals surface area contributed by atoms with Crippen LogP contribution >= 0.6 is 0 Å². The fourth-order valence-corrected chi connectivity index (χ4v) is 4.17. The third-order valence-corrected chi connectivity index (χ3v) is 6.05. The molecule has 0 saturated carbocycles. The first-order chi connectivity index (χ1) is 18.6. The summed E-state index contributed by atoms with van der Waals surface area (Å²) in [6, 6.07) is 17.3. The van der Waals surface area contributed by atoms with Gasteiger partial charge in [0.1, 0.15) is 23.5 Å². The molecule has 38 heavy (non-hydrogen) atoms. The highest BCUT2D eigenvalue weighted by Gasteiger charge is 2.17. The first-order valence-corrected chi connectivity index (χ1v) is 12.0. The highest BCUT2D eigenvalue weighted by Crippen LogP contribution is 2.29. The number of rotatable bonds is 6. The molecule has 1 aliphatic rings. The molecule has 0 spiro atoms. The van der Waals surface area contributed by atoms with Crippen molar-refractivity contribution in [3.8, 4) is 28.5 Å². The molecule has 0 atom stereocenters. The lowest BCUT2D eigenvalue weighted by Crippen LogP contribution is -2.36. The van der Waals surface area contributed by atoms with E-state index in [1.54, 1.807) is 23.3 Å². The van der Waals surface area contributed by atoms with Crippen LogP contribution in [0.1, 0.15) is 0 Å². The first kappa shape index (κ1) is 23.6. The van der Waals surface area contributed by atoms with E-state index in [-0.39, 0.29) is 11.6 Å². The lowest BCUT2D eigenvalue weighted by Gasteiger charge is -2.29. The molecule has 2 aromatic carbocycles. The van der Waals surface area contributed by atoms with Crippen LogP contribution in [0.5, 0.6) is 0 Å². The fourth-order valence-electron chi connectivity index (χ4n) is 4.17. The molecule has 3 aromatic heterocycles. The minimum atomic E-state index is -0.640. The molecule has 1 N–H and O–H groups in total. The second-order valence-electron chi connectivity index (χ2n) is 8.59. The molecule has 4 heterocycles. The number of benzene rings is 2. The monoisotopic (exact) mass is 512 g/mol. The molecule has 0 aliphatic carbocycles. The summed E-state index contributed by atoms with van der Waals surface area (Å²) in [4.78, 5) is 19.0. The van der Waals surface area contributed by atoms with Crippen molar-refractivity contribution in [2.24, 2.45) is 0 Å². The van der Waals surface area contributed by atoms with Gasteiger partial charge in [0, 0.05) is 36.2 Å². The summed E-state index contributed by atoms with van der Waals surface area (Å²) < 4.78 is 36.2. The summed E-state index contributed by atoms with van der Waals surface area (Å²) >= 11 is 0. The highest BCUT2D eigenvalue weighted by atomic mass is 19.1. The van der Waals surface area contributed by atoms with E-state index in [1.807, 2.05) is 47.4 Å². The molecule has 0 radical (unpaired) electrons. The van der Waals surface area contributed by atoms with Crippen molar-refractivity contribution >= 4 is 17.3 Å². The Bertz CT molecular complexity index is 1550. The lowest BCUT2D eigenvalue weighted by atomic mass is 10.1. The van der Waals surface area contributed by atoms with Gasteiger partial charge in [-0.1, -0.05) is 6.07 Å². The zero-order chi connectivity index (χ0) is 25.9. The number of aromatic nitrogens is 6. The van der Waals surface area contributed by atoms with Gasteiger partial charge in [-0.3, -0.25) is 4.98 Å². The Hall–Kier alpha value is -4.77. The number of nitrogens with one attached hydrogen (secondary N) is 1. The number of hydrogen-bond acceptors (Lipinski definition) is 8. The maximum atomic E-state index is 14.7. The van der Waals surface area contributed by atoms with Gasteiger partial charge in [0.2, 0.25) is 5.95 Å². The standard InChI is InChI=1S/C27H22F2N8O/c28-19-13-18(14-22(15-19)36-9-11-38-12-10-36)25-23(29)16-31-27(34-25)33-20-4-6-21(7-5-20)37-17-32-26(35-37)24-3-1-2-8-30-24/h1-8,13-17H,9-12H2,(H,31,33,34). The van der Waals surface area contributed by atoms with Crippen LogP contribution in [0.25, 0.3) is 28.5 Å². The fraction of sp³-hybridized carbons (Fsp3) is 0.148. The average molecular weight is 513 g/mol. The SMILES string of the molecule is Fc1cc(-c2nc(Nc3ccc(-n4cnc(-c5ccccn5)n4)cc3)ncc2F)cc(N2CCOCC2)c1. The van der Waals surface area contributed by atoms with Gasteiger partial charge >= 0.3 is 0 Å². The van der Waals surface area contributed by atoms with Gasteiger partial charge in [0.25, 0.3) is 0 Å². The predicted octanol–water partition coefficient (Wildman–Crippen LogP) is 4.64. The summed E-state index contributed by atoms with van der Waals surface area (Å²) in [6.07, 6.45) is 4.38. The Morgan fingerprint density at radius 3 is 2.50 bits per heavy atom. The van der Waals surface area contributed by atoms with E-state index in [1.165, 1.54) is 12.1 Å². The molecule has 0 amide bonds. The van der Waals surface area contributed by atoms with Crippen molar-refractivity contribution in [2.75, 3.05) is 36.5 Å². The van der Waals surface area contributed by atoms with Crippen LogP contribution in [0.3, 0.4) is 0 Å². The number of halogens is 2. The van der Waals surface area contributed by atoms with E-state index < -0.39 is 11.6 Å². The third-order valence-electron chi connectivity index (χ3n) is 6.05. The largest absolute Gasteiger partial charge is 0.378 e. The Morgan fingerprint density at radius 1 is 0.868 bits per heavy atom. The highest BCUT2D eigenvalue weighted by molar-refractivity contribution is 5.68. The Morgan fingerprint density at radius 2 is 1.71 bits per heavy atom. The summed E-state index contributed by atoms with van der Waals surface area (Å²) in [5.74, 6) is -0.399. The Labute approximate surface area is 216 Å². The van der Waals surface area contributed by atoms with Crippen molar-refractivity contribution < 1.29 is 13.5 Å². The predicted molar refractivity (Wildman–Crippen MR) is 138 cm³/mol. The molecule has 0 unspecified atom stereocenters. The molecule has 1 saturated heterocycles. The number of nitrogens with zero attached hydrogens (tertiary/aromatic N) is 7. The van der Waals surface area contributed by atoms with Crippen molar-refractivity contribution in [2.45, 2.75) is 0 Å². The molecular weight excluding hydrogens is 490 g/mol. The number of ether oxygens (including phenoxy) is 1. The Balaban J connectivity index is 1.21. The molecule has 9 nitrogen and oxygen atoms in total. The molecule has 190 valence electrons. The van der Waals surface area contributed by atoms with E-state index in [4.69, 9.17) is 4.74 Å². The van der Waals surface area contributed by atoms with Crippen LogP contribution in [0, 0.1) is 11.6 Å². The molecule has 6 rings (SSSR count). The van der Waals surface area contributed by atoms with Crippen LogP contribution in [0.4, 0.5) is 26.1 Å². The quantitative estimate of drug-likeness (QED) is 0.352. The molecule has 1 fully saturated rings. The second kappa shape index (κ2) is 10.3. The minimum absolute atomic E-state index is 0.0118. The smallest absolute Gasteiger partial charge is 0.227 e. The van der Waals surface area contributed by atoms with Crippen LogP contribution in [0.15, 0.2) is 79.4 Å². The molecule has 1 aliphatic heterocycles. The maximum absolute atomic E-state index is 14.7.